The van der Waals surface area contributed by atoms with Gasteiger partial charge in [0.2, 0.25) is 5.91 Å². The summed E-state index contributed by atoms with van der Waals surface area (Å²) in [4.78, 5) is 11.2. The second-order valence-electron chi connectivity index (χ2n) is 3.26. The molecular formula is C9H19NO4. The van der Waals surface area contributed by atoms with Gasteiger partial charge in [0.05, 0.1) is 25.4 Å². The molecule has 0 saturated carbocycles. The number of rotatable bonds is 7. The van der Waals surface area contributed by atoms with E-state index in [4.69, 9.17) is 14.6 Å². The van der Waals surface area contributed by atoms with Crippen LogP contribution in [0.4, 0.5) is 0 Å². The Labute approximate surface area is 84.4 Å². The van der Waals surface area contributed by atoms with Crippen LogP contribution in [0.25, 0.3) is 0 Å². The fourth-order valence-corrected chi connectivity index (χ4v) is 0.853. The second-order valence-corrected chi connectivity index (χ2v) is 3.26. The molecule has 0 aromatic rings. The molecule has 0 bridgehead atoms. The summed E-state index contributed by atoms with van der Waals surface area (Å²) >= 11 is 0. The Morgan fingerprint density at radius 1 is 1.50 bits per heavy atom. The number of methoxy groups -OCH3 is 1. The summed E-state index contributed by atoms with van der Waals surface area (Å²) in [5.74, 6) is -0.241. The zero-order valence-electron chi connectivity index (χ0n) is 8.95. The number of aliphatic hydroxyl groups is 1. The summed E-state index contributed by atoms with van der Waals surface area (Å²) in [6.07, 6.45) is 0.0238. The van der Waals surface area contributed by atoms with Gasteiger partial charge in [-0.2, -0.15) is 0 Å². The van der Waals surface area contributed by atoms with Crippen molar-refractivity contribution in [3.63, 3.8) is 0 Å². The van der Waals surface area contributed by atoms with E-state index in [1.165, 1.54) is 7.11 Å². The standard InChI is InChI=1S/C9H19NO4/c1-7(2)14-6-9(12)10-8(4-11)5-13-3/h7-8,11H,4-6H2,1-3H3,(H,10,12). The summed E-state index contributed by atoms with van der Waals surface area (Å²) in [6.45, 7) is 3.88. The van der Waals surface area contributed by atoms with Crippen LogP contribution in [0.15, 0.2) is 0 Å². The Balaban J connectivity index is 3.67. The first-order chi connectivity index (χ1) is 6.60. The fourth-order valence-electron chi connectivity index (χ4n) is 0.853. The number of nitrogens with one attached hydrogen (secondary N) is 1. The van der Waals surface area contributed by atoms with Crippen LogP contribution >= 0.6 is 0 Å². The summed E-state index contributed by atoms with van der Waals surface area (Å²) in [6, 6.07) is -0.358. The van der Waals surface area contributed by atoms with Crippen LogP contribution in [0.3, 0.4) is 0 Å². The fraction of sp³-hybridized carbons (Fsp3) is 0.889. The number of hydrogen-bond acceptors (Lipinski definition) is 4. The number of ether oxygens (including phenoxy) is 2. The molecule has 84 valence electrons. The van der Waals surface area contributed by atoms with Crippen LogP contribution in [0.5, 0.6) is 0 Å². The highest BCUT2D eigenvalue weighted by molar-refractivity contribution is 5.77. The third-order valence-electron chi connectivity index (χ3n) is 1.50. The maximum atomic E-state index is 11.2. The van der Waals surface area contributed by atoms with Gasteiger partial charge in [0.25, 0.3) is 0 Å². The summed E-state index contributed by atoms with van der Waals surface area (Å²) in [7, 11) is 1.51. The van der Waals surface area contributed by atoms with Crippen molar-refractivity contribution in [2.24, 2.45) is 0 Å². The van der Waals surface area contributed by atoms with Crippen LogP contribution in [-0.4, -0.2) is 50.1 Å². The Morgan fingerprint density at radius 2 is 2.14 bits per heavy atom. The van der Waals surface area contributed by atoms with Crippen LogP contribution in [-0.2, 0) is 14.3 Å². The van der Waals surface area contributed by atoms with Gasteiger partial charge in [0.15, 0.2) is 0 Å². The smallest absolute Gasteiger partial charge is 0.246 e. The van der Waals surface area contributed by atoms with E-state index < -0.39 is 0 Å². The number of hydrogen-bond donors (Lipinski definition) is 2. The lowest BCUT2D eigenvalue weighted by Gasteiger charge is -2.15. The first-order valence-corrected chi connectivity index (χ1v) is 4.61. The molecule has 1 unspecified atom stereocenters. The van der Waals surface area contributed by atoms with E-state index >= 15 is 0 Å². The molecule has 0 radical (unpaired) electrons. The van der Waals surface area contributed by atoms with Gasteiger partial charge in [-0.25, -0.2) is 0 Å². The van der Waals surface area contributed by atoms with Crippen molar-refractivity contribution >= 4 is 5.91 Å². The molecule has 0 aromatic carbocycles. The molecule has 5 heteroatoms. The van der Waals surface area contributed by atoms with E-state index in [2.05, 4.69) is 5.32 Å². The van der Waals surface area contributed by atoms with E-state index in [0.717, 1.165) is 0 Å². The summed E-state index contributed by atoms with van der Waals surface area (Å²) in [5, 5.41) is 11.4. The van der Waals surface area contributed by atoms with Crippen molar-refractivity contribution in [1.29, 1.82) is 0 Å². The molecule has 0 rings (SSSR count). The SMILES string of the molecule is COCC(CO)NC(=O)COC(C)C. The van der Waals surface area contributed by atoms with Gasteiger partial charge in [-0.15, -0.1) is 0 Å². The zero-order valence-corrected chi connectivity index (χ0v) is 8.95. The molecule has 0 spiro atoms. The maximum absolute atomic E-state index is 11.2. The third kappa shape index (κ3) is 6.82. The number of aliphatic hydroxyl groups excluding tert-OH is 1. The van der Waals surface area contributed by atoms with Gasteiger partial charge >= 0.3 is 0 Å². The van der Waals surface area contributed by atoms with E-state index in [1.807, 2.05) is 13.8 Å². The first kappa shape index (κ1) is 13.4. The number of amides is 1. The van der Waals surface area contributed by atoms with E-state index in [-0.39, 0.29) is 31.3 Å². The Bertz CT molecular complexity index is 161. The number of carbonyl (C=O) groups excluding carboxylic acids is 1. The predicted molar refractivity (Wildman–Crippen MR) is 52.0 cm³/mol. The molecule has 0 aromatic heterocycles. The topological polar surface area (TPSA) is 67.8 Å². The quantitative estimate of drug-likeness (QED) is 0.590. The van der Waals surface area contributed by atoms with E-state index in [9.17, 15) is 4.79 Å². The van der Waals surface area contributed by atoms with Gasteiger partial charge in [-0.05, 0) is 13.8 Å². The highest BCUT2D eigenvalue weighted by Gasteiger charge is 2.11. The van der Waals surface area contributed by atoms with Crippen LogP contribution in [0.1, 0.15) is 13.8 Å². The van der Waals surface area contributed by atoms with Gasteiger partial charge in [-0.1, -0.05) is 0 Å². The van der Waals surface area contributed by atoms with Crippen molar-refractivity contribution in [2.45, 2.75) is 26.0 Å². The van der Waals surface area contributed by atoms with Crippen LogP contribution in [0, 0.1) is 0 Å². The van der Waals surface area contributed by atoms with Crippen LogP contribution in [0.2, 0.25) is 0 Å². The Morgan fingerprint density at radius 3 is 2.57 bits per heavy atom. The van der Waals surface area contributed by atoms with Gasteiger partial charge in [0.1, 0.15) is 6.61 Å². The minimum Gasteiger partial charge on any atom is -0.394 e. The first-order valence-electron chi connectivity index (χ1n) is 4.61. The molecule has 0 saturated heterocycles. The molecule has 0 aliphatic carbocycles. The molecule has 0 heterocycles. The molecule has 1 amide bonds. The molecule has 1 atom stereocenters. The van der Waals surface area contributed by atoms with Gasteiger partial charge in [-0.3, -0.25) is 4.79 Å². The largest absolute Gasteiger partial charge is 0.394 e. The average molecular weight is 205 g/mol. The minimum atomic E-state index is -0.358. The lowest BCUT2D eigenvalue weighted by Crippen LogP contribution is -2.42. The van der Waals surface area contributed by atoms with Gasteiger partial charge < -0.3 is 19.9 Å². The van der Waals surface area contributed by atoms with Gasteiger partial charge in [0, 0.05) is 7.11 Å². The van der Waals surface area contributed by atoms with Crippen LogP contribution < -0.4 is 5.32 Å². The molecule has 0 aliphatic rings. The highest BCUT2D eigenvalue weighted by Crippen LogP contribution is 1.88. The normalized spacial score (nSPS) is 12.9. The van der Waals surface area contributed by atoms with Crippen molar-refractivity contribution in [3.05, 3.63) is 0 Å². The summed E-state index contributed by atoms with van der Waals surface area (Å²) in [5.41, 5.74) is 0. The molecule has 5 nitrogen and oxygen atoms in total. The molecule has 14 heavy (non-hydrogen) atoms. The van der Waals surface area contributed by atoms with Crippen molar-refractivity contribution in [2.75, 3.05) is 26.9 Å². The lowest BCUT2D eigenvalue weighted by molar-refractivity contribution is -0.128. The predicted octanol–water partition coefficient (Wildman–Crippen LogP) is -0.465. The Kier molecular flexibility index (Phi) is 7.37. The molecular weight excluding hydrogens is 186 g/mol. The lowest BCUT2D eigenvalue weighted by atomic mass is 10.3. The second kappa shape index (κ2) is 7.73. The van der Waals surface area contributed by atoms with Crippen molar-refractivity contribution < 1.29 is 19.4 Å². The Hall–Kier alpha value is -0.650. The van der Waals surface area contributed by atoms with Crippen molar-refractivity contribution in [1.82, 2.24) is 5.32 Å². The van der Waals surface area contributed by atoms with E-state index in [1.54, 1.807) is 0 Å². The molecule has 2 N–H and O–H groups in total. The van der Waals surface area contributed by atoms with E-state index in [0.29, 0.717) is 6.61 Å². The monoisotopic (exact) mass is 205 g/mol. The maximum Gasteiger partial charge on any atom is 0.246 e. The zero-order chi connectivity index (χ0) is 11.0. The molecule has 0 fully saturated rings. The number of carbonyl (C=O) groups is 1. The average Bonchev–Trinajstić information content (AvgIpc) is 2.14. The molecule has 0 aliphatic heterocycles. The third-order valence-corrected chi connectivity index (χ3v) is 1.50. The van der Waals surface area contributed by atoms with Crippen molar-refractivity contribution in [3.8, 4) is 0 Å². The highest BCUT2D eigenvalue weighted by atomic mass is 16.5. The minimum absolute atomic E-state index is 0.0118. The summed E-state index contributed by atoms with van der Waals surface area (Å²) < 4.78 is 9.90.